The zero-order valence-electron chi connectivity index (χ0n) is 11.9. The second kappa shape index (κ2) is 6.36. The summed E-state index contributed by atoms with van der Waals surface area (Å²) >= 11 is 0. The van der Waals surface area contributed by atoms with E-state index in [9.17, 15) is 9.59 Å². The molecule has 2 rings (SSSR count). The third kappa shape index (κ3) is 3.38. The molecule has 0 aliphatic rings. The normalized spacial score (nSPS) is 10.8. The fourth-order valence-corrected chi connectivity index (χ4v) is 2.03. The van der Waals surface area contributed by atoms with E-state index in [0.29, 0.717) is 5.65 Å². The zero-order valence-corrected chi connectivity index (χ0v) is 11.9. The number of nitrogens with zero attached hydrogens (tertiary/aromatic N) is 3. The summed E-state index contributed by atoms with van der Waals surface area (Å²) in [6, 6.07) is 5.55. The van der Waals surface area contributed by atoms with Crippen molar-refractivity contribution in [3.63, 3.8) is 0 Å². The smallest absolute Gasteiger partial charge is 0.323 e. The van der Waals surface area contributed by atoms with Crippen molar-refractivity contribution < 1.29 is 19.4 Å². The summed E-state index contributed by atoms with van der Waals surface area (Å²) in [5, 5.41) is 8.90. The molecule has 2 aromatic rings. The molecule has 2 aromatic heterocycles. The van der Waals surface area contributed by atoms with Gasteiger partial charge < -0.3 is 19.1 Å². The highest BCUT2D eigenvalue weighted by atomic mass is 16.5. The van der Waals surface area contributed by atoms with Crippen LogP contribution < -0.4 is 0 Å². The minimum absolute atomic E-state index is 0.203. The van der Waals surface area contributed by atoms with Gasteiger partial charge in [0.15, 0.2) is 0 Å². The second-order valence-electron chi connectivity index (χ2n) is 4.63. The maximum Gasteiger partial charge on any atom is 0.323 e. The minimum Gasteiger partial charge on any atom is -0.480 e. The van der Waals surface area contributed by atoms with E-state index in [1.165, 1.54) is 12.0 Å². The summed E-state index contributed by atoms with van der Waals surface area (Å²) in [6.07, 6.45) is 1.62. The van der Waals surface area contributed by atoms with Gasteiger partial charge in [-0.15, -0.1) is 0 Å². The molecule has 21 heavy (non-hydrogen) atoms. The molecule has 1 N–H and O–H groups in total. The Hall–Kier alpha value is -2.41. The van der Waals surface area contributed by atoms with Gasteiger partial charge in [-0.1, -0.05) is 6.07 Å². The van der Waals surface area contributed by atoms with Crippen molar-refractivity contribution in [1.29, 1.82) is 0 Å². The number of imidazole rings is 1. The Morgan fingerprint density at radius 1 is 1.43 bits per heavy atom. The van der Waals surface area contributed by atoms with Crippen LogP contribution >= 0.6 is 0 Å². The Morgan fingerprint density at radius 3 is 2.81 bits per heavy atom. The number of fused-ring (bicyclic) bond motifs is 1. The Kier molecular flexibility index (Phi) is 4.54. The molecule has 0 atom stereocenters. The first-order chi connectivity index (χ1) is 10.0. The molecule has 0 aromatic carbocycles. The predicted octanol–water partition coefficient (Wildman–Crippen LogP) is 0.816. The quantitative estimate of drug-likeness (QED) is 0.851. The molecule has 0 radical (unpaired) electrons. The molecule has 0 saturated heterocycles. The van der Waals surface area contributed by atoms with Gasteiger partial charge in [0.2, 0.25) is 0 Å². The number of aromatic nitrogens is 2. The highest BCUT2D eigenvalue weighted by molar-refractivity contribution is 5.94. The maximum absolute atomic E-state index is 12.4. The second-order valence-corrected chi connectivity index (χ2v) is 4.63. The number of hydrogen-bond acceptors (Lipinski definition) is 4. The van der Waals surface area contributed by atoms with Gasteiger partial charge in [-0.05, 0) is 19.1 Å². The number of carbonyl (C=O) groups is 2. The number of aliphatic carboxylic acids is 1. The van der Waals surface area contributed by atoms with Crippen LogP contribution in [0.2, 0.25) is 0 Å². The molecule has 0 aliphatic heterocycles. The third-order valence-electron chi connectivity index (χ3n) is 3.09. The Bertz CT molecular complexity index is 665. The Balaban J connectivity index is 2.29. The van der Waals surface area contributed by atoms with Crippen molar-refractivity contribution in [3.05, 3.63) is 35.8 Å². The van der Waals surface area contributed by atoms with Crippen LogP contribution in [0.3, 0.4) is 0 Å². The summed E-state index contributed by atoms with van der Waals surface area (Å²) in [5.74, 6) is -1.49. The predicted molar refractivity (Wildman–Crippen MR) is 75.3 cm³/mol. The number of carbonyl (C=O) groups excluding carboxylic acids is 1. The first-order valence-corrected chi connectivity index (χ1v) is 6.47. The molecule has 112 valence electrons. The number of carboxylic acids is 1. The number of ether oxygens (including phenoxy) is 1. The van der Waals surface area contributed by atoms with Crippen LogP contribution in [0.25, 0.3) is 5.65 Å². The molecule has 0 aliphatic carbocycles. The minimum atomic E-state index is -1.07. The van der Waals surface area contributed by atoms with Crippen LogP contribution in [0.15, 0.2) is 24.4 Å². The van der Waals surface area contributed by atoms with Gasteiger partial charge in [0.05, 0.1) is 6.61 Å². The number of carboxylic acid groups (broad SMARTS) is 1. The molecule has 1 amide bonds. The van der Waals surface area contributed by atoms with E-state index < -0.39 is 11.9 Å². The maximum atomic E-state index is 12.4. The van der Waals surface area contributed by atoms with Crippen LogP contribution in [0, 0.1) is 6.92 Å². The highest BCUT2D eigenvalue weighted by Gasteiger charge is 2.21. The number of amides is 1. The number of rotatable bonds is 6. The standard InChI is InChI=1S/C14H17N3O4/c1-10-4-3-5-12-15-11(8-17(10)12)14(20)16(6-7-21-2)9-13(18)19/h3-5,8H,6-7,9H2,1-2H3,(H,18,19). The molecular weight excluding hydrogens is 274 g/mol. The van der Waals surface area contributed by atoms with Crippen LogP contribution in [0.4, 0.5) is 0 Å². The van der Waals surface area contributed by atoms with E-state index in [1.807, 2.05) is 19.1 Å². The van der Waals surface area contributed by atoms with Crippen molar-refractivity contribution >= 4 is 17.5 Å². The van der Waals surface area contributed by atoms with Crippen LogP contribution in [-0.4, -0.2) is 58.1 Å². The fraction of sp³-hybridized carbons (Fsp3) is 0.357. The first kappa shape index (κ1) is 15.0. The summed E-state index contributed by atoms with van der Waals surface area (Å²) < 4.78 is 6.70. The summed E-state index contributed by atoms with van der Waals surface area (Å²) in [6.45, 7) is 2.00. The van der Waals surface area contributed by atoms with Gasteiger partial charge in [-0.3, -0.25) is 9.59 Å². The zero-order chi connectivity index (χ0) is 15.4. The first-order valence-electron chi connectivity index (χ1n) is 6.47. The molecule has 7 heteroatoms. The highest BCUT2D eigenvalue weighted by Crippen LogP contribution is 2.10. The van der Waals surface area contributed by atoms with Gasteiger partial charge in [0.1, 0.15) is 17.9 Å². The molecule has 0 bridgehead atoms. The average Bonchev–Trinajstić information content (AvgIpc) is 2.88. The Morgan fingerprint density at radius 2 is 2.19 bits per heavy atom. The number of methoxy groups -OCH3 is 1. The number of pyridine rings is 1. The van der Waals surface area contributed by atoms with Gasteiger partial charge in [0.25, 0.3) is 5.91 Å². The van der Waals surface area contributed by atoms with E-state index in [-0.39, 0.29) is 25.4 Å². The monoisotopic (exact) mass is 291 g/mol. The number of aryl methyl sites for hydroxylation is 1. The van der Waals surface area contributed by atoms with Crippen molar-refractivity contribution in [1.82, 2.24) is 14.3 Å². The lowest BCUT2D eigenvalue weighted by Crippen LogP contribution is -2.38. The summed E-state index contributed by atoms with van der Waals surface area (Å²) in [4.78, 5) is 28.7. The van der Waals surface area contributed by atoms with Gasteiger partial charge in [-0.2, -0.15) is 0 Å². The van der Waals surface area contributed by atoms with Crippen LogP contribution in [-0.2, 0) is 9.53 Å². The fourth-order valence-electron chi connectivity index (χ4n) is 2.03. The molecule has 0 fully saturated rings. The van der Waals surface area contributed by atoms with E-state index in [0.717, 1.165) is 5.69 Å². The Labute approximate surface area is 121 Å². The van der Waals surface area contributed by atoms with Crippen LogP contribution in [0.1, 0.15) is 16.2 Å². The topological polar surface area (TPSA) is 84.1 Å². The largest absolute Gasteiger partial charge is 0.480 e. The van der Waals surface area contributed by atoms with Gasteiger partial charge in [-0.25, -0.2) is 4.98 Å². The average molecular weight is 291 g/mol. The summed E-state index contributed by atoms with van der Waals surface area (Å²) in [5.41, 5.74) is 1.82. The molecule has 0 saturated carbocycles. The van der Waals surface area contributed by atoms with Gasteiger partial charge >= 0.3 is 5.97 Å². The van der Waals surface area contributed by atoms with Gasteiger partial charge in [0, 0.05) is 25.5 Å². The molecular formula is C14H17N3O4. The molecule has 0 spiro atoms. The lowest BCUT2D eigenvalue weighted by molar-refractivity contribution is -0.137. The van der Waals surface area contributed by atoms with Crippen molar-refractivity contribution in [2.75, 3.05) is 26.8 Å². The van der Waals surface area contributed by atoms with E-state index in [4.69, 9.17) is 9.84 Å². The van der Waals surface area contributed by atoms with E-state index >= 15 is 0 Å². The van der Waals surface area contributed by atoms with E-state index in [2.05, 4.69) is 4.98 Å². The van der Waals surface area contributed by atoms with Crippen molar-refractivity contribution in [2.24, 2.45) is 0 Å². The SMILES string of the molecule is COCCN(CC(=O)O)C(=O)c1cn2c(C)cccc2n1. The lowest BCUT2D eigenvalue weighted by Gasteiger charge is -2.18. The molecule has 0 unspecified atom stereocenters. The molecule has 2 heterocycles. The van der Waals surface area contributed by atoms with Crippen LogP contribution in [0.5, 0.6) is 0 Å². The lowest BCUT2D eigenvalue weighted by atomic mass is 10.3. The van der Waals surface area contributed by atoms with E-state index in [1.54, 1.807) is 16.7 Å². The molecule has 7 nitrogen and oxygen atoms in total. The summed E-state index contributed by atoms with van der Waals surface area (Å²) in [7, 11) is 1.50. The number of hydrogen-bond donors (Lipinski definition) is 1. The van der Waals surface area contributed by atoms with Crippen molar-refractivity contribution in [3.8, 4) is 0 Å². The third-order valence-corrected chi connectivity index (χ3v) is 3.09. The van der Waals surface area contributed by atoms with Crippen molar-refractivity contribution in [2.45, 2.75) is 6.92 Å².